The predicted octanol–water partition coefficient (Wildman–Crippen LogP) is 1.63. The highest BCUT2D eigenvalue weighted by atomic mass is 19.1. The summed E-state index contributed by atoms with van der Waals surface area (Å²) >= 11 is 0. The first kappa shape index (κ1) is 16.6. The van der Waals surface area contributed by atoms with E-state index in [1.165, 1.54) is 6.92 Å². The molecule has 7 heteroatoms. The summed E-state index contributed by atoms with van der Waals surface area (Å²) in [6.45, 7) is 1.53. The number of carboxylic acid groups (broad SMARTS) is 1. The smallest absolute Gasteiger partial charge is 0.326 e. The topological polar surface area (TPSA) is 90.2 Å². The van der Waals surface area contributed by atoms with Crippen molar-refractivity contribution in [2.75, 3.05) is 0 Å². The number of aliphatic carboxylic acids is 1. The summed E-state index contributed by atoms with van der Waals surface area (Å²) in [6.07, 6.45) is -0.458. The fourth-order valence-corrected chi connectivity index (χ4v) is 1.71. The largest absolute Gasteiger partial charge is 0.480 e. The van der Waals surface area contributed by atoms with Crippen LogP contribution in [0.5, 0.6) is 0 Å². The lowest BCUT2D eigenvalue weighted by molar-refractivity contribution is -0.142. The van der Waals surface area contributed by atoms with E-state index >= 15 is 0 Å². The Bertz CT molecular complexity index is 584. The van der Waals surface area contributed by atoms with Crippen LogP contribution in [-0.4, -0.2) is 23.0 Å². The molecule has 0 aliphatic rings. The summed E-state index contributed by atoms with van der Waals surface area (Å²) in [5, 5.41) is 19.9. The van der Waals surface area contributed by atoms with Crippen LogP contribution in [-0.2, 0) is 16.0 Å². The van der Waals surface area contributed by atoms with Gasteiger partial charge in [0.2, 0.25) is 5.91 Å². The van der Waals surface area contributed by atoms with Crippen molar-refractivity contribution in [2.24, 2.45) is 5.92 Å². The average molecular weight is 296 g/mol. The van der Waals surface area contributed by atoms with Gasteiger partial charge in [-0.3, -0.25) is 4.79 Å². The summed E-state index contributed by atoms with van der Waals surface area (Å²) in [4.78, 5) is 22.7. The van der Waals surface area contributed by atoms with Crippen molar-refractivity contribution in [2.45, 2.75) is 25.8 Å². The maximum absolute atomic E-state index is 13.4. The molecule has 21 heavy (non-hydrogen) atoms. The summed E-state index contributed by atoms with van der Waals surface area (Å²) in [5.74, 6) is -4.16. The number of rotatable bonds is 6. The Morgan fingerprint density at radius 2 is 2.10 bits per heavy atom. The number of carbonyl (C=O) groups is 2. The highest BCUT2D eigenvalue weighted by molar-refractivity contribution is 5.84. The predicted molar refractivity (Wildman–Crippen MR) is 69.0 cm³/mol. The minimum absolute atomic E-state index is 0.0358. The summed E-state index contributed by atoms with van der Waals surface area (Å²) < 4.78 is 26.1. The van der Waals surface area contributed by atoms with E-state index in [0.717, 1.165) is 12.1 Å². The molecule has 1 amide bonds. The Balaban J connectivity index is 2.70. The molecule has 0 fully saturated rings. The Morgan fingerprint density at radius 1 is 1.43 bits per heavy atom. The van der Waals surface area contributed by atoms with Crippen molar-refractivity contribution in [3.05, 3.63) is 35.4 Å². The van der Waals surface area contributed by atoms with E-state index < -0.39 is 41.9 Å². The van der Waals surface area contributed by atoms with E-state index in [-0.39, 0.29) is 12.0 Å². The molecule has 0 unspecified atom stereocenters. The Hall–Kier alpha value is -2.49. The lowest BCUT2D eigenvalue weighted by Crippen LogP contribution is -2.42. The molecule has 0 aromatic heterocycles. The van der Waals surface area contributed by atoms with Gasteiger partial charge in [0.25, 0.3) is 0 Å². The van der Waals surface area contributed by atoms with E-state index in [2.05, 4.69) is 5.32 Å². The molecule has 1 aromatic carbocycles. The van der Waals surface area contributed by atoms with Gasteiger partial charge in [-0.15, -0.1) is 0 Å². The fraction of sp³-hybridized carbons (Fsp3) is 0.357. The quantitative estimate of drug-likeness (QED) is 0.834. The summed E-state index contributed by atoms with van der Waals surface area (Å²) in [5.41, 5.74) is -0.0358. The maximum Gasteiger partial charge on any atom is 0.326 e. The van der Waals surface area contributed by atoms with Gasteiger partial charge in [0.05, 0.1) is 12.5 Å². The molecule has 112 valence electrons. The fourth-order valence-electron chi connectivity index (χ4n) is 1.71. The number of carboxylic acids is 1. The van der Waals surface area contributed by atoms with E-state index in [9.17, 15) is 18.4 Å². The SMILES string of the molecule is C[C@@H](C#N)C[C@@H](NC(=O)Cc1ccc(F)cc1F)C(=O)O. The molecule has 0 saturated heterocycles. The summed E-state index contributed by atoms with van der Waals surface area (Å²) in [6, 6.07) is 3.43. The van der Waals surface area contributed by atoms with Crippen LogP contribution in [0.15, 0.2) is 18.2 Å². The normalized spacial score (nSPS) is 13.0. The molecule has 2 atom stereocenters. The Morgan fingerprint density at radius 3 is 2.62 bits per heavy atom. The lowest BCUT2D eigenvalue weighted by Gasteiger charge is -2.15. The Kier molecular flexibility index (Phi) is 5.79. The molecule has 5 nitrogen and oxygen atoms in total. The van der Waals surface area contributed by atoms with Crippen molar-refractivity contribution in [3.63, 3.8) is 0 Å². The third kappa shape index (κ3) is 5.18. The number of nitrogens with one attached hydrogen (secondary N) is 1. The zero-order chi connectivity index (χ0) is 16.0. The highest BCUT2D eigenvalue weighted by Gasteiger charge is 2.22. The van der Waals surface area contributed by atoms with Gasteiger partial charge in [0.1, 0.15) is 17.7 Å². The number of nitriles is 1. The van der Waals surface area contributed by atoms with Crippen LogP contribution in [0.4, 0.5) is 8.78 Å². The van der Waals surface area contributed by atoms with E-state index in [1.54, 1.807) is 0 Å². The minimum atomic E-state index is -1.27. The molecule has 0 aliphatic carbocycles. The first-order valence-corrected chi connectivity index (χ1v) is 6.19. The van der Waals surface area contributed by atoms with Gasteiger partial charge in [-0.2, -0.15) is 5.26 Å². The standard InChI is InChI=1S/C14H14F2N2O3/c1-8(7-17)4-12(14(20)21)18-13(19)5-9-2-3-10(15)6-11(9)16/h2-3,6,8,12H,4-5H2,1H3,(H,18,19)(H,20,21)/t8-,12-/m1/s1. The van der Waals surface area contributed by atoms with Crippen molar-refractivity contribution in [1.29, 1.82) is 5.26 Å². The van der Waals surface area contributed by atoms with Gasteiger partial charge < -0.3 is 10.4 Å². The van der Waals surface area contributed by atoms with Gasteiger partial charge in [0.15, 0.2) is 0 Å². The van der Waals surface area contributed by atoms with Crippen LogP contribution in [0.1, 0.15) is 18.9 Å². The second-order valence-corrected chi connectivity index (χ2v) is 4.64. The molecule has 0 radical (unpaired) electrons. The summed E-state index contributed by atoms with van der Waals surface area (Å²) in [7, 11) is 0. The maximum atomic E-state index is 13.4. The Labute approximate surface area is 120 Å². The van der Waals surface area contributed by atoms with Gasteiger partial charge >= 0.3 is 5.97 Å². The minimum Gasteiger partial charge on any atom is -0.480 e. The van der Waals surface area contributed by atoms with Crippen LogP contribution >= 0.6 is 0 Å². The molecular weight excluding hydrogens is 282 g/mol. The number of halogens is 2. The molecular formula is C14H14F2N2O3. The molecule has 1 rings (SSSR count). The number of benzene rings is 1. The van der Waals surface area contributed by atoms with Gasteiger partial charge in [-0.05, 0) is 25.0 Å². The van der Waals surface area contributed by atoms with Crippen LogP contribution in [0.25, 0.3) is 0 Å². The number of hydrogen-bond donors (Lipinski definition) is 2. The molecule has 0 aliphatic heterocycles. The van der Waals surface area contributed by atoms with E-state index in [1.807, 2.05) is 6.07 Å². The second kappa shape index (κ2) is 7.33. The molecule has 0 saturated carbocycles. The first-order valence-electron chi connectivity index (χ1n) is 6.19. The van der Waals surface area contributed by atoms with Crippen LogP contribution in [0, 0.1) is 28.9 Å². The van der Waals surface area contributed by atoms with Crippen molar-refractivity contribution in [3.8, 4) is 6.07 Å². The van der Waals surface area contributed by atoms with Crippen LogP contribution in [0.2, 0.25) is 0 Å². The third-order valence-electron chi connectivity index (χ3n) is 2.81. The van der Waals surface area contributed by atoms with E-state index in [4.69, 9.17) is 10.4 Å². The zero-order valence-electron chi connectivity index (χ0n) is 11.3. The number of amides is 1. The molecule has 0 bridgehead atoms. The van der Waals surface area contributed by atoms with Crippen molar-refractivity contribution in [1.82, 2.24) is 5.32 Å². The number of nitrogens with zero attached hydrogens (tertiary/aromatic N) is 1. The molecule has 2 N–H and O–H groups in total. The van der Waals surface area contributed by atoms with E-state index in [0.29, 0.717) is 6.07 Å². The molecule has 1 aromatic rings. The molecule has 0 heterocycles. The lowest BCUT2D eigenvalue weighted by atomic mass is 10.0. The monoisotopic (exact) mass is 296 g/mol. The third-order valence-corrected chi connectivity index (χ3v) is 2.81. The van der Waals surface area contributed by atoms with Crippen molar-refractivity contribution >= 4 is 11.9 Å². The van der Waals surface area contributed by atoms with Gasteiger partial charge in [0, 0.05) is 12.0 Å². The van der Waals surface area contributed by atoms with Gasteiger partial charge in [-0.1, -0.05) is 6.07 Å². The van der Waals surface area contributed by atoms with Crippen LogP contribution < -0.4 is 5.32 Å². The molecule has 0 spiro atoms. The van der Waals surface area contributed by atoms with Crippen LogP contribution in [0.3, 0.4) is 0 Å². The number of carbonyl (C=O) groups excluding carboxylic acids is 1. The number of hydrogen-bond acceptors (Lipinski definition) is 3. The highest BCUT2D eigenvalue weighted by Crippen LogP contribution is 2.11. The second-order valence-electron chi connectivity index (χ2n) is 4.64. The van der Waals surface area contributed by atoms with Crippen molar-refractivity contribution < 1.29 is 23.5 Å². The average Bonchev–Trinajstić information content (AvgIpc) is 2.40. The first-order chi connectivity index (χ1) is 9.83. The zero-order valence-corrected chi connectivity index (χ0v) is 11.3. The van der Waals surface area contributed by atoms with Gasteiger partial charge in [-0.25, -0.2) is 13.6 Å².